The van der Waals surface area contributed by atoms with Gasteiger partial charge in [-0.2, -0.15) is 0 Å². The van der Waals surface area contributed by atoms with Crippen LogP contribution >= 0.6 is 11.3 Å². The average Bonchev–Trinajstić information content (AvgIpc) is 3.48. The van der Waals surface area contributed by atoms with E-state index in [-0.39, 0.29) is 30.4 Å². The summed E-state index contributed by atoms with van der Waals surface area (Å²) in [5.74, 6) is 0.695. The molecular weight excluding hydrogens is 422 g/mol. The molecule has 6 nitrogen and oxygen atoms in total. The molecule has 1 aliphatic rings. The Bertz CT molecular complexity index is 1070. The largest absolute Gasteiger partial charge is 0.497 e. The molecule has 0 saturated carbocycles. The highest BCUT2D eigenvalue weighted by Gasteiger charge is 2.34. The van der Waals surface area contributed by atoms with Gasteiger partial charge in [0.2, 0.25) is 11.8 Å². The minimum Gasteiger partial charge on any atom is -0.497 e. The Morgan fingerprint density at radius 2 is 2.00 bits per heavy atom. The highest BCUT2D eigenvalue weighted by molar-refractivity contribution is 7.10. The van der Waals surface area contributed by atoms with Gasteiger partial charge in [0.25, 0.3) is 0 Å². The molecule has 0 spiro atoms. The Morgan fingerprint density at radius 3 is 2.72 bits per heavy atom. The predicted molar refractivity (Wildman–Crippen MR) is 126 cm³/mol. The third kappa shape index (κ3) is 4.58. The van der Waals surface area contributed by atoms with Crippen LogP contribution in [0.15, 0.2) is 60.1 Å². The number of aromatic nitrogens is 1. The van der Waals surface area contributed by atoms with Gasteiger partial charge in [-0.05, 0) is 55.1 Å². The number of amides is 2. The molecule has 0 saturated heterocycles. The summed E-state index contributed by atoms with van der Waals surface area (Å²) in [4.78, 5) is 31.2. The van der Waals surface area contributed by atoms with Crippen LogP contribution in [0.3, 0.4) is 0 Å². The number of fused-ring (bicyclic) bond motifs is 1. The molecule has 1 unspecified atom stereocenters. The van der Waals surface area contributed by atoms with Gasteiger partial charge in [0, 0.05) is 35.9 Å². The fourth-order valence-electron chi connectivity index (χ4n) is 4.27. The van der Waals surface area contributed by atoms with Crippen LogP contribution in [0.1, 0.15) is 36.0 Å². The molecule has 7 heteroatoms. The number of thiophene rings is 1. The van der Waals surface area contributed by atoms with Crippen molar-refractivity contribution in [2.24, 2.45) is 0 Å². The summed E-state index contributed by atoms with van der Waals surface area (Å²) >= 11 is 1.56. The fraction of sp³-hybridized carbons (Fsp3) is 0.360. The number of carbonyl (C=O) groups is 2. The van der Waals surface area contributed by atoms with E-state index in [0.29, 0.717) is 13.0 Å². The Hall–Kier alpha value is -3.06. The zero-order chi connectivity index (χ0) is 22.7. The maximum absolute atomic E-state index is 13.6. The molecule has 1 aliphatic heterocycles. The molecule has 168 valence electrons. The van der Waals surface area contributed by atoms with E-state index in [2.05, 4.69) is 16.8 Å². The predicted octanol–water partition coefficient (Wildman–Crippen LogP) is 3.97. The third-order valence-electron chi connectivity index (χ3n) is 5.92. The van der Waals surface area contributed by atoms with Crippen molar-refractivity contribution in [3.63, 3.8) is 0 Å². The summed E-state index contributed by atoms with van der Waals surface area (Å²) in [5.41, 5.74) is 2.07. The van der Waals surface area contributed by atoms with Crippen LogP contribution in [0.25, 0.3) is 0 Å². The van der Waals surface area contributed by atoms with E-state index in [1.54, 1.807) is 23.3 Å². The molecule has 4 rings (SSSR count). The summed E-state index contributed by atoms with van der Waals surface area (Å²) in [6, 6.07) is 15.6. The molecule has 32 heavy (non-hydrogen) atoms. The van der Waals surface area contributed by atoms with Crippen molar-refractivity contribution in [2.75, 3.05) is 20.2 Å². The van der Waals surface area contributed by atoms with Gasteiger partial charge in [0.05, 0.1) is 19.6 Å². The highest BCUT2D eigenvalue weighted by atomic mass is 32.1. The molecule has 1 aromatic carbocycles. The Morgan fingerprint density at radius 1 is 1.16 bits per heavy atom. The Kier molecular flexibility index (Phi) is 6.65. The van der Waals surface area contributed by atoms with Crippen molar-refractivity contribution in [1.29, 1.82) is 0 Å². The first-order valence-corrected chi connectivity index (χ1v) is 11.8. The van der Waals surface area contributed by atoms with Crippen molar-refractivity contribution in [3.05, 3.63) is 76.2 Å². The molecule has 2 aromatic heterocycles. The summed E-state index contributed by atoms with van der Waals surface area (Å²) < 4.78 is 7.62. The zero-order valence-electron chi connectivity index (χ0n) is 18.7. The van der Waals surface area contributed by atoms with Crippen LogP contribution in [0.2, 0.25) is 0 Å². The molecule has 0 aliphatic carbocycles. The van der Waals surface area contributed by atoms with Crippen molar-refractivity contribution >= 4 is 23.2 Å². The monoisotopic (exact) mass is 451 g/mol. The average molecular weight is 452 g/mol. The molecule has 3 aromatic rings. The van der Waals surface area contributed by atoms with E-state index < -0.39 is 0 Å². The number of ether oxygens (including phenoxy) is 1. The van der Waals surface area contributed by atoms with Gasteiger partial charge >= 0.3 is 0 Å². The number of hydrogen-bond acceptors (Lipinski definition) is 4. The van der Waals surface area contributed by atoms with Crippen molar-refractivity contribution in [3.8, 4) is 5.75 Å². The first kappa shape index (κ1) is 22.1. The number of rotatable bonds is 7. The van der Waals surface area contributed by atoms with E-state index >= 15 is 0 Å². The number of benzene rings is 1. The van der Waals surface area contributed by atoms with E-state index in [1.165, 1.54) is 0 Å². The number of nitrogens with zero attached hydrogens (tertiary/aromatic N) is 3. The van der Waals surface area contributed by atoms with Crippen LogP contribution in [0.5, 0.6) is 5.75 Å². The standard InChI is InChI=1S/C25H29N3O3S/c1-18(2)28(23(29)16-21-9-6-14-32-21)17-24(30)27-13-12-26-11-5-10-22(26)25(27)19-7-4-8-20(15-19)31-3/h4-11,14-15,18,25H,12-13,16-17H2,1-3H3. The van der Waals surface area contributed by atoms with Crippen LogP contribution in [0, 0.1) is 0 Å². The molecule has 2 amide bonds. The van der Waals surface area contributed by atoms with Gasteiger partial charge in [-0.15, -0.1) is 11.3 Å². The Balaban J connectivity index is 1.59. The van der Waals surface area contributed by atoms with Gasteiger partial charge < -0.3 is 19.1 Å². The van der Waals surface area contributed by atoms with E-state index in [0.717, 1.165) is 28.4 Å². The summed E-state index contributed by atoms with van der Waals surface area (Å²) in [6.45, 7) is 5.32. The number of carbonyl (C=O) groups excluding carboxylic acids is 2. The first-order valence-electron chi connectivity index (χ1n) is 10.9. The SMILES string of the molecule is COc1cccc(C2c3cccn3CCN2C(=O)CN(C(=O)Cc2cccs2)C(C)C)c1. The van der Waals surface area contributed by atoms with Crippen LogP contribution in [0.4, 0.5) is 0 Å². The maximum atomic E-state index is 13.6. The minimum atomic E-state index is -0.220. The molecule has 3 heterocycles. The molecule has 1 atom stereocenters. The second-order valence-electron chi connectivity index (χ2n) is 8.26. The lowest BCUT2D eigenvalue weighted by Crippen LogP contribution is -2.49. The van der Waals surface area contributed by atoms with Gasteiger partial charge in [-0.25, -0.2) is 0 Å². The summed E-state index contributed by atoms with van der Waals surface area (Å²) in [6.07, 6.45) is 2.38. The highest BCUT2D eigenvalue weighted by Crippen LogP contribution is 2.34. The van der Waals surface area contributed by atoms with E-state index in [4.69, 9.17) is 4.74 Å². The number of hydrogen-bond donors (Lipinski definition) is 0. The lowest BCUT2D eigenvalue weighted by Gasteiger charge is -2.39. The topological polar surface area (TPSA) is 54.8 Å². The lowest BCUT2D eigenvalue weighted by molar-refractivity contribution is -0.143. The zero-order valence-corrected chi connectivity index (χ0v) is 19.5. The van der Waals surface area contributed by atoms with Gasteiger partial charge in [-0.3, -0.25) is 9.59 Å². The van der Waals surface area contributed by atoms with Crippen LogP contribution < -0.4 is 4.74 Å². The summed E-state index contributed by atoms with van der Waals surface area (Å²) in [5, 5.41) is 1.97. The normalized spacial score (nSPS) is 15.5. The van der Waals surface area contributed by atoms with Gasteiger partial charge in [0.1, 0.15) is 12.3 Å². The smallest absolute Gasteiger partial charge is 0.243 e. The molecule has 0 radical (unpaired) electrons. The van der Waals surface area contributed by atoms with Crippen LogP contribution in [-0.2, 0) is 22.6 Å². The fourth-order valence-corrected chi connectivity index (χ4v) is 4.97. The quantitative estimate of drug-likeness (QED) is 0.546. The van der Waals surface area contributed by atoms with Crippen molar-refractivity contribution in [2.45, 2.75) is 38.9 Å². The van der Waals surface area contributed by atoms with Gasteiger partial charge in [0.15, 0.2) is 0 Å². The molecule has 0 fully saturated rings. The van der Waals surface area contributed by atoms with Crippen molar-refractivity contribution in [1.82, 2.24) is 14.4 Å². The lowest BCUT2D eigenvalue weighted by atomic mass is 9.99. The third-order valence-corrected chi connectivity index (χ3v) is 6.80. The molecular formula is C25H29N3O3S. The second kappa shape index (κ2) is 9.61. The second-order valence-corrected chi connectivity index (χ2v) is 9.30. The minimum absolute atomic E-state index is 0.0193. The van der Waals surface area contributed by atoms with Crippen molar-refractivity contribution < 1.29 is 14.3 Å². The first-order chi connectivity index (χ1) is 15.5. The summed E-state index contributed by atoms with van der Waals surface area (Å²) in [7, 11) is 1.64. The molecule has 0 bridgehead atoms. The molecule has 0 N–H and O–H groups in total. The van der Waals surface area contributed by atoms with E-state index in [9.17, 15) is 9.59 Å². The van der Waals surface area contributed by atoms with Crippen LogP contribution in [-0.4, -0.2) is 52.4 Å². The number of methoxy groups -OCH3 is 1. The Labute approximate surface area is 193 Å². The maximum Gasteiger partial charge on any atom is 0.243 e. The van der Waals surface area contributed by atoms with Gasteiger partial charge in [-0.1, -0.05) is 18.2 Å². The van der Waals surface area contributed by atoms with E-state index in [1.807, 2.05) is 66.6 Å².